The average Bonchev–Trinajstić information content (AvgIpc) is 3.51. The zero-order valence-electron chi connectivity index (χ0n) is 18.7. The van der Waals surface area contributed by atoms with Crippen molar-refractivity contribution in [2.24, 2.45) is 0 Å². The van der Waals surface area contributed by atoms with E-state index in [1.807, 2.05) is 25.2 Å². The number of likely N-dealkylation sites (N-methyl/N-ethyl adjacent to an activating group) is 1. The van der Waals surface area contributed by atoms with E-state index in [0.717, 1.165) is 36.2 Å². The van der Waals surface area contributed by atoms with Crippen LogP contribution in [-0.4, -0.2) is 46.1 Å². The topological polar surface area (TPSA) is 45.5 Å². The third kappa shape index (κ3) is 4.23. The number of nitrogens with zero attached hydrogens (tertiary/aromatic N) is 2. The van der Waals surface area contributed by atoms with E-state index in [9.17, 15) is 9.90 Å². The van der Waals surface area contributed by atoms with Gasteiger partial charge in [0, 0.05) is 29.1 Å². The molecule has 4 heteroatoms. The van der Waals surface area contributed by atoms with Crippen molar-refractivity contribution in [1.29, 1.82) is 0 Å². The van der Waals surface area contributed by atoms with Crippen LogP contribution in [0.15, 0.2) is 66.7 Å². The van der Waals surface area contributed by atoms with Crippen molar-refractivity contribution in [2.45, 2.75) is 44.7 Å². The fourth-order valence-electron chi connectivity index (χ4n) is 4.86. The van der Waals surface area contributed by atoms with Gasteiger partial charge in [-0.15, -0.1) is 0 Å². The first kappa shape index (κ1) is 21.5. The molecule has 1 N–H and O–H groups in total. The van der Waals surface area contributed by atoms with E-state index in [-0.39, 0.29) is 24.0 Å². The first-order valence-corrected chi connectivity index (χ1v) is 11.1. The van der Waals surface area contributed by atoms with Crippen molar-refractivity contribution in [3.63, 3.8) is 0 Å². The Morgan fingerprint density at radius 2 is 1.58 bits per heavy atom. The molecule has 2 aromatic carbocycles. The number of hydrogen-bond donors (Lipinski definition) is 1. The SMILES string of the molecule is Cc1cc(C(=O)CN(C)C2(CCO)CC2)c(C)n1C(c1ccccc1)c1ccccc1. The summed E-state index contributed by atoms with van der Waals surface area (Å²) in [5.41, 5.74) is 5.28. The molecule has 0 spiro atoms. The molecule has 0 bridgehead atoms. The van der Waals surface area contributed by atoms with Crippen LogP contribution in [0.4, 0.5) is 0 Å². The minimum Gasteiger partial charge on any atom is -0.396 e. The Balaban J connectivity index is 1.68. The molecular formula is C27H32N2O2. The standard InChI is InChI=1S/C27H32N2O2/c1-20-18-24(25(31)19-28(3)27(14-15-27)16-17-30)21(2)29(20)26(22-10-6-4-7-11-22)23-12-8-5-9-13-23/h4-13,18,26,30H,14-17,19H2,1-3H3. The molecule has 1 aromatic heterocycles. The quantitative estimate of drug-likeness (QED) is 0.511. The minimum atomic E-state index is 0.00649. The Hall–Kier alpha value is -2.69. The van der Waals surface area contributed by atoms with Crippen LogP contribution in [0.1, 0.15) is 58.2 Å². The summed E-state index contributed by atoms with van der Waals surface area (Å²) < 4.78 is 2.29. The fraction of sp³-hybridized carbons (Fsp3) is 0.370. The van der Waals surface area contributed by atoms with Crippen molar-refractivity contribution in [2.75, 3.05) is 20.2 Å². The molecule has 0 atom stereocenters. The van der Waals surface area contributed by atoms with Crippen LogP contribution >= 0.6 is 0 Å². The number of hydrogen-bond acceptors (Lipinski definition) is 3. The summed E-state index contributed by atoms with van der Waals surface area (Å²) in [4.78, 5) is 15.4. The van der Waals surface area contributed by atoms with Crippen LogP contribution in [0.3, 0.4) is 0 Å². The second-order valence-electron chi connectivity index (χ2n) is 8.86. The van der Waals surface area contributed by atoms with Gasteiger partial charge in [-0.1, -0.05) is 60.7 Å². The van der Waals surface area contributed by atoms with E-state index in [0.29, 0.717) is 6.54 Å². The molecule has 0 amide bonds. The van der Waals surface area contributed by atoms with Crippen LogP contribution in [0.2, 0.25) is 0 Å². The van der Waals surface area contributed by atoms with Gasteiger partial charge in [-0.05, 0) is 57.4 Å². The van der Waals surface area contributed by atoms with Crippen LogP contribution in [0, 0.1) is 13.8 Å². The van der Waals surface area contributed by atoms with Crippen LogP contribution in [0.25, 0.3) is 0 Å². The molecule has 3 aromatic rings. The lowest BCUT2D eigenvalue weighted by Gasteiger charge is -2.27. The van der Waals surface area contributed by atoms with E-state index in [2.05, 4.69) is 71.8 Å². The molecule has 4 rings (SSSR count). The highest BCUT2D eigenvalue weighted by Crippen LogP contribution is 2.43. The predicted octanol–water partition coefficient (Wildman–Crippen LogP) is 4.77. The summed E-state index contributed by atoms with van der Waals surface area (Å²) >= 11 is 0. The van der Waals surface area contributed by atoms with Crippen LogP contribution in [-0.2, 0) is 0 Å². The normalized spacial score (nSPS) is 14.9. The Labute approximate surface area is 185 Å². The summed E-state index contributed by atoms with van der Waals surface area (Å²) in [7, 11) is 2.01. The van der Waals surface area contributed by atoms with Gasteiger partial charge in [-0.25, -0.2) is 0 Å². The number of carbonyl (C=O) groups is 1. The summed E-state index contributed by atoms with van der Waals surface area (Å²) in [5, 5.41) is 9.39. The number of ketones is 1. The minimum absolute atomic E-state index is 0.00649. The third-order valence-corrected chi connectivity index (χ3v) is 6.87. The van der Waals surface area contributed by atoms with E-state index in [1.54, 1.807) is 0 Å². The zero-order chi connectivity index (χ0) is 22.0. The van der Waals surface area contributed by atoms with Gasteiger partial charge in [0.2, 0.25) is 0 Å². The summed E-state index contributed by atoms with van der Waals surface area (Å²) in [6.45, 7) is 4.69. The zero-order valence-corrected chi connectivity index (χ0v) is 18.7. The second-order valence-corrected chi connectivity index (χ2v) is 8.86. The van der Waals surface area contributed by atoms with E-state index >= 15 is 0 Å². The van der Waals surface area contributed by atoms with Gasteiger partial charge in [0.25, 0.3) is 0 Å². The van der Waals surface area contributed by atoms with Gasteiger partial charge in [0.1, 0.15) is 0 Å². The van der Waals surface area contributed by atoms with E-state index in [1.165, 1.54) is 11.1 Å². The Morgan fingerprint density at radius 1 is 1.03 bits per heavy atom. The first-order valence-electron chi connectivity index (χ1n) is 11.1. The molecule has 1 aliphatic rings. The maximum atomic E-state index is 13.3. The maximum absolute atomic E-state index is 13.3. The first-order chi connectivity index (χ1) is 15.0. The lowest BCUT2D eigenvalue weighted by molar-refractivity contribution is 0.0884. The molecular weight excluding hydrogens is 384 g/mol. The molecule has 31 heavy (non-hydrogen) atoms. The molecule has 162 valence electrons. The average molecular weight is 417 g/mol. The lowest BCUT2D eigenvalue weighted by atomic mass is 9.98. The van der Waals surface area contributed by atoms with Crippen molar-refractivity contribution in [1.82, 2.24) is 9.47 Å². The Morgan fingerprint density at radius 3 is 2.06 bits per heavy atom. The fourth-order valence-corrected chi connectivity index (χ4v) is 4.86. The number of aliphatic hydroxyl groups excluding tert-OH is 1. The lowest BCUT2D eigenvalue weighted by Crippen LogP contribution is -2.38. The molecule has 1 saturated carbocycles. The van der Waals surface area contributed by atoms with Crippen molar-refractivity contribution in [3.05, 3.63) is 94.8 Å². The molecule has 1 aliphatic carbocycles. The van der Waals surface area contributed by atoms with Gasteiger partial charge in [0.05, 0.1) is 12.6 Å². The number of rotatable bonds is 9. The predicted molar refractivity (Wildman–Crippen MR) is 125 cm³/mol. The third-order valence-electron chi connectivity index (χ3n) is 6.87. The monoisotopic (exact) mass is 416 g/mol. The molecule has 1 fully saturated rings. The van der Waals surface area contributed by atoms with Gasteiger partial charge in [-0.3, -0.25) is 9.69 Å². The van der Waals surface area contributed by atoms with E-state index < -0.39 is 0 Å². The largest absolute Gasteiger partial charge is 0.396 e. The molecule has 1 heterocycles. The van der Waals surface area contributed by atoms with Crippen molar-refractivity contribution >= 4 is 5.78 Å². The highest BCUT2D eigenvalue weighted by molar-refractivity contribution is 5.99. The molecule has 0 unspecified atom stereocenters. The number of benzene rings is 2. The Kier molecular flexibility index (Phi) is 6.12. The van der Waals surface area contributed by atoms with Gasteiger partial charge in [0.15, 0.2) is 5.78 Å². The Bertz CT molecular complexity index is 996. The summed E-state index contributed by atoms with van der Waals surface area (Å²) in [6.07, 6.45) is 2.85. The maximum Gasteiger partial charge on any atom is 0.178 e. The summed E-state index contributed by atoms with van der Waals surface area (Å²) in [6, 6.07) is 23.0. The second kappa shape index (κ2) is 8.81. The number of aromatic nitrogens is 1. The van der Waals surface area contributed by atoms with Gasteiger partial charge >= 0.3 is 0 Å². The number of carbonyl (C=O) groups excluding carboxylic acids is 1. The van der Waals surface area contributed by atoms with Crippen LogP contribution in [0.5, 0.6) is 0 Å². The number of aryl methyl sites for hydroxylation is 1. The van der Waals surface area contributed by atoms with Crippen molar-refractivity contribution in [3.8, 4) is 0 Å². The number of Topliss-reactive ketones (excluding diaryl/α,β-unsaturated/α-hetero) is 1. The van der Waals surface area contributed by atoms with Crippen LogP contribution < -0.4 is 0 Å². The molecule has 0 saturated heterocycles. The molecule has 4 nitrogen and oxygen atoms in total. The molecule has 0 radical (unpaired) electrons. The van der Waals surface area contributed by atoms with Gasteiger partial charge in [-0.2, -0.15) is 0 Å². The smallest absolute Gasteiger partial charge is 0.178 e. The van der Waals surface area contributed by atoms with Gasteiger partial charge < -0.3 is 9.67 Å². The molecule has 0 aliphatic heterocycles. The highest BCUT2D eigenvalue weighted by atomic mass is 16.3. The summed E-state index contributed by atoms with van der Waals surface area (Å²) in [5.74, 6) is 0.144. The van der Waals surface area contributed by atoms with E-state index in [4.69, 9.17) is 0 Å². The highest BCUT2D eigenvalue weighted by Gasteiger charge is 2.46. The van der Waals surface area contributed by atoms with Crippen molar-refractivity contribution < 1.29 is 9.90 Å². The number of aliphatic hydroxyl groups is 1.